The number of carbonyl (C=O) groups is 2. The average molecular weight is 587 g/mol. The standard InChI is InChI=1S/C22H19Br2ClN2O3S/c1-3-26-20(28)16(21(29)27(4-2)22(26)31)9-14-10-17(23)19(18(24)11-14)30-12-13-5-7-15(25)8-6-13/h5-11H,3-4,12H2,1-2H3. The Hall–Kier alpha value is -1.74. The van der Waals surface area contributed by atoms with Gasteiger partial charge in [0.2, 0.25) is 0 Å². The predicted octanol–water partition coefficient (Wildman–Crippen LogP) is 5.82. The fourth-order valence-corrected chi connectivity index (χ4v) is 5.09. The van der Waals surface area contributed by atoms with E-state index >= 15 is 0 Å². The number of rotatable bonds is 6. The summed E-state index contributed by atoms with van der Waals surface area (Å²) in [6.45, 7) is 4.80. The molecule has 0 atom stereocenters. The summed E-state index contributed by atoms with van der Waals surface area (Å²) in [5, 5.41) is 0.907. The molecule has 0 aromatic heterocycles. The van der Waals surface area contributed by atoms with Crippen LogP contribution in [0.5, 0.6) is 5.75 Å². The van der Waals surface area contributed by atoms with Crippen LogP contribution < -0.4 is 4.74 Å². The molecule has 2 amide bonds. The molecule has 1 aliphatic heterocycles. The van der Waals surface area contributed by atoms with E-state index in [4.69, 9.17) is 28.6 Å². The van der Waals surface area contributed by atoms with Gasteiger partial charge in [-0.1, -0.05) is 23.7 Å². The summed E-state index contributed by atoms with van der Waals surface area (Å²) in [6, 6.07) is 11.0. The van der Waals surface area contributed by atoms with Gasteiger partial charge in [-0.15, -0.1) is 0 Å². The highest BCUT2D eigenvalue weighted by Gasteiger charge is 2.37. The minimum Gasteiger partial charge on any atom is -0.487 e. The Balaban J connectivity index is 1.88. The van der Waals surface area contributed by atoms with Crippen LogP contribution >= 0.6 is 55.7 Å². The fraction of sp³-hybridized carbons (Fsp3) is 0.227. The highest BCUT2D eigenvalue weighted by molar-refractivity contribution is 9.11. The lowest BCUT2D eigenvalue weighted by Crippen LogP contribution is -2.55. The van der Waals surface area contributed by atoms with Gasteiger partial charge in [0.05, 0.1) is 8.95 Å². The molecule has 0 aliphatic carbocycles. The number of likely N-dealkylation sites (N-methyl/N-ethyl adjacent to an activating group) is 2. The van der Waals surface area contributed by atoms with Crippen molar-refractivity contribution in [3.8, 4) is 5.75 Å². The van der Waals surface area contributed by atoms with Gasteiger partial charge in [-0.2, -0.15) is 0 Å². The van der Waals surface area contributed by atoms with E-state index in [-0.39, 0.29) is 10.7 Å². The molecule has 0 unspecified atom stereocenters. The molecule has 5 nitrogen and oxygen atoms in total. The Morgan fingerprint density at radius 2 is 1.52 bits per heavy atom. The van der Waals surface area contributed by atoms with E-state index in [1.165, 1.54) is 9.80 Å². The van der Waals surface area contributed by atoms with Crippen molar-refractivity contribution in [2.75, 3.05) is 13.1 Å². The molecule has 1 saturated heterocycles. The lowest BCUT2D eigenvalue weighted by atomic mass is 10.1. The molecule has 0 radical (unpaired) electrons. The molecular weight excluding hydrogens is 568 g/mol. The summed E-state index contributed by atoms with van der Waals surface area (Å²) >= 11 is 18.3. The van der Waals surface area contributed by atoms with E-state index in [0.717, 1.165) is 5.56 Å². The lowest BCUT2D eigenvalue weighted by molar-refractivity contribution is -0.133. The molecule has 162 valence electrons. The predicted molar refractivity (Wildman–Crippen MR) is 133 cm³/mol. The molecule has 2 aromatic rings. The largest absolute Gasteiger partial charge is 0.487 e. The first kappa shape index (κ1) is 23.9. The van der Waals surface area contributed by atoms with Crippen LogP contribution in [0, 0.1) is 0 Å². The molecule has 0 bridgehead atoms. The van der Waals surface area contributed by atoms with Crippen LogP contribution in [0.1, 0.15) is 25.0 Å². The van der Waals surface area contributed by atoms with E-state index in [0.29, 0.717) is 45.0 Å². The minimum absolute atomic E-state index is 0.0749. The zero-order valence-electron chi connectivity index (χ0n) is 16.8. The van der Waals surface area contributed by atoms with Crippen molar-refractivity contribution in [3.63, 3.8) is 0 Å². The summed E-state index contributed by atoms with van der Waals surface area (Å²) in [4.78, 5) is 28.5. The quantitative estimate of drug-likeness (QED) is 0.243. The SMILES string of the molecule is CCN1C(=O)C(=Cc2cc(Br)c(OCc3ccc(Cl)cc3)c(Br)c2)C(=O)N(CC)C1=S. The second kappa shape index (κ2) is 10.3. The van der Waals surface area contributed by atoms with Crippen molar-refractivity contribution in [1.29, 1.82) is 0 Å². The van der Waals surface area contributed by atoms with Gasteiger partial charge < -0.3 is 4.74 Å². The van der Waals surface area contributed by atoms with Gasteiger partial charge in [0, 0.05) is 18.1 Å². The second-order valence-electron chi connectivity index (χ2n) is 6.67. The van der Waals surface area contributed by atoms with Crippen LogP contribution in [-0.2, 0) is 16.2 Å². The third-order valence-corrected chi connectivity index (χ3v) is 6.54. The van der Waals surface area contributed by atoms with Gasteiger partial charge in [-0.25, -0.2) is 0 Å². The van der Waals surface area contributed by atoms with E-state index in [1.807, 2.05) is 38.1 Å². The monoisotopic (exact) mass is 584 g/mol. The van der Waals surface area contributed by atoms with Crippen molar-refractivity contribution in [2.24, 2.45) is 0 Å². The Labute approximate surface area is 208 Å². The zero-order valence-corrected chi connectivity index (χ0v) is 21.6. The van der Waals surface area contributed by atoms with Gasteiger partial charge >= 0.3 is 0 Å². The first-order valence-electron chi connectivity index (χ1n) is 9.52. The van der Waals surface area contributed by atoms with Gasteiger partial charge in [-0.05, 0) is 99.4 Å². The second-order valence-corrected chi connectivity index (χ2v) is 9.18. The normalized spacial score (nSPS) is 14.4. The molecule has 1 heterocycles. The lowest BCUT2D eigenvalue weighted by Gasteiger charge is -2.35. The molecule has 0 saturated carbocycles. The summed E-state index contributed by atoms with van der Waals surface area (Å²) in [6.07, 6.45) is 1.58. The van der Waals surface area contributed by atoms with Gasteiger partial charge in [0.25, 0.3) is 11.8 Å². The van der Waals surface area contributed by atoms with Crippen LogP contribution in [0.3, 0.4) is 0 Å². The molecule has 9 heteroatoms. The number of nitrogens with zero attached hydrogens (tertiary/aromatic N) is 2. The molecule has 3 rings (SSSR count). The summed E-state index contributed by atoms with van der Waals surface area (Å²) in [5.74, 6) is -0.167. The first-order chi connectivity index (χ1) is 14.8. The Morgan fingerprint density at radius 1 is 1.00 bits per heavy atom. The van der Waals surface area contributed by atoms with Crippen LogP contribution in [0.15, 0.2) is 50.9 Å². The number of carbonyl (C=O) groups excluding carboxylic acids is 2. The number of ether oxygens (including phenoxy) is 1. The number of hydrogen-bond donors (Lipinski definition) is 0. The highest BCUT2D eigenvalue weighted by atomic mass is 79.9. The van der Waals surface area contributed by atoms with Crippen molar-refractivity contribution >= 4 is 78.7 Å². The zero-order chi connectivity index (χ0) is 22.7. The van der Waals surface area contributed by atoms with Gasteiger partial charge in [0.15, 0.2) is 5.11 Å². The van der Waals surface area contributed by atoms with E-state index < -0.39 is 11.8 Å². The number of halogens is 3. The van der Waals surface area contributed by atoms with E-state index in [2.05, 4.69) is 31.9 Å². The maximum atomic E-state index is 12.8. The van der Waals surface area contributed by atoms with E-state index in [1.54, 1.807) is 18.2 Å². The summed E-state index contributed by atoms with van der Waals surface area (Å²) in [5.41, 5.74) is 1.73. The first-order valence-corrected chi connectivity index (χ1v) is 11.9. The Morgan fingerprint density at radius 3 is 2.00 bits per heavy atom. The third-order valence-electron chi connectivity index (χ3n) is 4.67. The van der Waals surface area contributed by atoms with Crippen molar-refractivity contribution in [2.45, 2.75) is 20.5 Å². The maximum absolute atomic E-state index is 12.8. The number of hydrogen-bond acceptors (Lipinski definition) is 4. The summed E-state index contributed by atoms with van der Waals surface area (Å²) in [7, 11) is 0. The number of amides is 2. The van der Waals surface area contributed by atoms with E-state index in [9.17, 15) is 9.59 Å². The summed E-state index contributed by atoms with van der Waals surface area (Å²) < 4.78 is 7.32. The highest BCUT2D eigenvalue weighted by Crippen LogP contribution is 2.36. The topological polar surface area (TPSA) is 49.9 Å². The molecular formula is C22H19Br2ClN2O3S. The molecule has 0 N–H and O–H groups in total. The molecule has 31 heavy (non-hydrogen) atoms. The number of thiocarbonyl (C=S) groups is 1. The Kier molecular flexibility index (Phi) is 7.91. The smallest absolute Gasteiger partial charge is 0.265 e. The molecule has 1 aliphatic rings. The number of benzene rings is 2. The van der Waals surface area contributed by atoms with Gasteiger partial charge in [0.1, 0.15) is 17.9 Å². The van der Waals surface area contributed by atoms with Gasteiger partial charge in [-0.3, -0.25) is 19.4 Å². The Bertz CT molecular complexity index is 1020. The molecule has 0 spiro atoms. The van der Waals surface area contributed by atoms with Crippen molar-refractivity contribution < 1.29 is 14.3 Å². The van der Waals surface area contributed by atoms with Crippen molar-refractivity contribution in [3.05, 3.63) is 67.1 Å². The maximum Gasteiger partial charge on any atom is 0.265 e. The van der Waals surface area contributed by atoms with Crippen LogP contribution in [0.4, 0.5) is 0 Å². The van der Waals surface area contributed by atoms with Crippen LogP contribution in [-0.4, -0.2) is 39.8 Å². The minimum atomic E-state index is -0.391. The van der Waals surface area contributed by atoms with Crippen molar-refractivity contribution in [1.82, 2.24) is 9.80 Å². The average Bonchev–Trinajstić information content (AvgIpc) is 2.72. The van der Waals surface area contributed by atoms with Crippen LogP contribution in [0.25, 0.3) is 6.08 Å². The van der Waals surface area contributed by atoms with Crippen LogP contribution in [0.2, 0.25) is 5.02 Å². The third kappa shape index (κ3) is 5.19. The molecule has 2 aromatic carbocycles. The fourth-order valence-electron chi connectivity index (χ4n) is 3.09. The molecule has 1 fully saturated rings.